The molecule has 0 heterocycles. The fourth-order valence-electron chi connectivity index (χ4n) is 2.34. The third-order valence-corrected chi connectivity index (χ3v) is 3.67. The molecule has 26 heavy (non-hydrogen) atoms. The number of hydrogen-bond donors (Lipinski definition) is 1. The molecule has 0 bridgehead atoms. The maximum absolute atomic E-state index is 12.4. The summed E-state index contributed by atoms with van der Waals surface area (Å²) in [6.45, 7) is 5.71. The number of amides is 1. The van der Waals surface area contributed by atoms with Gasteiger partial charge < -0.3 is 19.5 Å². The highest BCUT2D eigenvalue weighted by atomic mass is 16.5. The van der Waals surface area contributed by atoms with Gasteiger partial charge in [-0.3, -0.25) is 4.79 Å². The van der Waals surface area contributed by atoms with Gasteiger partial charge in [-0.05, 0) is 45.0 Å². The molecule has 1 atom stereocenters. The molecule has 138 valence electrons. The van der Waals surface area contributed by atoms with E-state index >= 15 is 0 Å². The molecule has 2 aromatic carbocycles. The highest BCUT2D eigenvalue weighted by Crippen LogP contribution is 2.24. The van der Waals surface area contributed by atoms with Crippen molar-refractivity contribution < 1.29 is 23.8 Å². The van der Waals surface area contributed by atoms with E-state index in [0.29, 0.717) is 23.8 Å². The molecule has 0 fully saturated rings. The fraction of sp³-hybridized carbons (Fsp3) is 0.300. The standard InChI is InChI=1S/C20H23NO5/c1-5-25-18-9-7-6-8-16(18)21-19(22)14(3)26-20(23)15-12-13(2)10-11-17(15)24-4/h6-12,14H,5H2,1-4H3,(H,21,22)/t14-/m1/s1. The van der Waals surface area contributed by atoms with Crippen molar-refractivity contribution in [2.45, 2.75) is 26.9 Å². The minimum atomic E-state index is -0.984. The summed E-state index contributed by atoms with van der Waals surface area (Å²) in [4.78, 5) is 24.8. The molecule has 1 amide bonds. The molecule has 6 heteroatoms. The molecule has 0 aliphatic rings. The number of hydrogen-bond acceptors (Lipinski definition) is 5. The number of aryl methyl sites for hydroxylation is 1. The zero-order chi connectivity index (χ0) is 19.1. The Bertz CT molecular complexity index is 788. The van der Waals surface area contributed by atoms with E-state index in [-0.39, 0.29) is 5.56 Å². The predicted molar refractivity (Wildman–Crippen MR) is 98.8 cm³/mol. The van der Waals surface area contributed by atoms with Gasteiger partial charge in [0.05, 0.1) is 19.4 Å². The number of benzene rings is 2. The summed E-state index contributed by atoms with van der Waals surface area (Å²) in [6.07, 6.45) is -0.984. The largest absolute Gasteiger partial charge is 0.496 e. The van der Waals surface area contributed by atoms with Crippen LogP contribution in [0.5, 0.6) is 11.5 Å². The highest BCUT2D eigenvalue weighted by Gasteiger charge is 2.22. The number of anilines is 1. The van der Waals surface area contributed by atoms with Crippen LogP contribution in [0.1, 0.15) is 29.8 Å². The van der Waals surface area contributed by atoms with Crippen molar-refractivity contribution in [1.29, 1.82) is 0 Å². The molecule has 0 saturated heterocycles. The van der Waals surface area contributed by atoms with Crippen LogP contribution < -0.4 is 14.8 Å². The number of carbonyl (C=O) groups is 2. The maximum Gasteiger partial charge on any atom is 0.342 e. The number of carbonyl (C=O) groups excluding carboxylic acids is 2. The lowest BCUT2D eigenvalue weighted by Crippen LogP contribution is -2.30. The third-order valence-electron chi connectivity index (χ3n) is 3.67. The van der Waals surface area contributed by atoms with E-state index in [4.69, 9.17) is 14.2 Å². The Labute approximate surface area is 153 Å². The number of nitrogens with one attached hydrogen (secondary N) is 1. The first-order valence-electron chi connectivity index (χ1n) is 8.34. The van der Waals surface area contributed by atoms with Crippen molar-refractivity contribution in [3.05, 3.63) is 53.6 Å². The number of methoxy groups -OCH3 is 1. The van der Waals surface area contributed by atoms with Crippen molar-refractivity contribution in [2.24, 2.45) is 0 Å². The maximum atomic E-state index is 12.4. The van der Waals surface area contributed by atoms with E-state index in [1.165, 1.54) is 14.0 Å². The Kier molecular flexibility index (Phi) is 6.60. The zero-order valence-electron chi connectivity index (χ0n) is 15.4. The van der Waals surface area contributed by atoms with Gasteiger partial charge in [0.2, 0.25) is 0 Å². The van der Waals surface area contributed by atoms with Gasteiger partial charge in [0.1, 0.15) is 17.1 Å². The molecular weight excluding hydrogens is 334 g/mol. The Morgan fingerprint density at radius 1 is 1.12 bits per heavy atom. The Balaban J connectivity index is 2.08. The summed E-state index contributed by atoms with van der Waals surface area (Å²) in [5.74, 6) is -0.111. The van der Waals surface area contributed by atoms with Crippen molar-refractivity contribution in [3.63, 3.8) is 0 Å². The number of ether oxygens (including phenoxy) is 3. The summed E-state index contributed by atoms with van der Waals surface area (Å²) in [5, 5.41) is 2.72. The van der Waals surface area contributed by atoms with E-state index in [0.717, 1.165) is 5.56 Å². The number of para-hydroxylation sites is 2. The second-order valence-electron chi connectivity index (χ2n) is 5.67. The topological polar surface area (TPSA) is 73.9 Å². The first-order chi connectivity index (χ1) is 12.5. The monoisotopic (exact) mass is 357 g/mol. The van der Waals surface area contributed by atoms with Crippen LogP contribution >= 0.6 is 0 Å². The van der Waals surface area contributed by atoms with Crippen LogP contribution in [0, 0.1) is 6.92 Å². The first kappa shape index (κ1) is 19.3. The second-order valence-corrected chi connectivity index (χ2v) is 5.67. The summed E-state index contributed by atoms with van der Waals surface area (Å²) in [5.41, 5.74) is 1.69. The van der Waals surface area contributed by atoms with E-state index < -0.39 is 18.0 Å². The van der Waals surface area contributed by atoms with Crippen molar-refractivity contribution in [2.75, 3.05) is 19.0 Å². The van der Waals surface area contributed by atoms with E-state index in [2.05, 4.69) is 5.32 Å². The Morgan fingerprint density at radius 2 is 1.85 bits per heavy atom. The van der Waals surface area contributed by atoms with Gasteiger partial charge in [0.25, 0.3) is 5.91 Å². The number of esters is 1. The third kappa shape index (κ3) is 4.75. The van der Waals surface area contributed by atoms with E-state index in [9.17, 15) is 9.59 Å². The van der Waals surface area contributed by atoms with Gasteiger partial charge in [-0.2, -0.15) is 0 Å². The van der Waals surface area contributed by atoms with Crippen LogP contribution in [0.15, 0.2) is 42.5 Å². The van der Waals surface area contributed by atoms with Crippen LogP contribution in [-0.2, 0) is 9.53 Å². The van der Waals surface area contributed by atoms with Gasteiger partial charge in [-0.25, -0.2) is 4.79 Å². The lowest BCUT2D eigenvalue weighted by atomic mass is 10.1. The normalized spacial score (nSPS) is 11.4. The van der Waals surface area contributed by atoms with Crippen molar-refractivity contribution in [1.82, 2.24) is 0 Å². The van der Waals surface area contributed by atoms with Crippen molar-refractivity contribution >= 4 is 17.6 Å². The molecule has 2 rings (SSSR count). The van der Waals surface area contributed by atoms with Gasteiger partial charge in [-0.15, -0.1) is 0 Å². The van der Waals surface area contributed by atoms with Gasteiger partial charge in [0, 0.05) is 0 Å². The van der Waals surface area contributed by atoms with Gasteiger partial charge in [-0.1, -0.05) is 23.8 Å². The number of rotatable bonds is 7. The first-order valence-corrected chi connectivity index (χ1v) is 8.34. The Morgan fingerprint density at radius 3 is 2.54 bits per heavy atom. The van der Waals surface area contributed by atoms with E-state index in [1.54, 1.807) is 30.3 Å². The molecule has 1 N–H and O–H groups in total. The lowest BCUT2D eigenvalue weighted by Gasteiger charge is -2.16. The summed E-state index contributed by atoms with van der Waals surface area (Å²) in [6, 6.07) is 12.3. The molecule has 6 nitrogen and oxygen atoms in total. The van der Waals surface area contributed by atoms with Crippen molar-refractivity contribution in [3.8, 4) is 11.5 Å². The zero-order valence-corrected chi connectivity index (χ0v) is 15.4. The molecule has 2 aromatic rings. The molecule has 0 aromatic heterocycles. The summed E-state index contributed by atoms with van der Waals surface area (Å²) >= 11 is 0. The van der Waals surface area contributed by atoms with Crippen LogP contribution in [-0.4, -0.2) is 31.7 Å². The molecule has 0 radical (unpaired) electrons. The van der Waals surface area contributed by atoms with Crippen LogP contribution in [0.2, 0.25) is 0 Å². The average Bonchev–Trinajstić information content (AvgIpc) is 2.63. The van der Waals surface area contributed by atoms with Gasteiger partial charge in [0.15, 0.2) is 6.10 Å². The average molecular weight is 357 g/mol. The molecule has 0 saturated carbocycles. The molecule has 0 aliphatic heterocycles. The fourth-order valence-corrected chi connectivity index (χ4v) is 2.34. The van der Waals surface area contributed by atoms with Crippen LogP contribution in [0.25, 0.3) is 0 Å². The van der Waals surface area contributed by atoms with Crippen LogP contribution in [0.4, 0.5) is 5.69 Å². The molecule has 0 aliphatic carbocycles. The quantitative estimate of drug-likeness (QED) is 0.767. The molecular formula is C20H23NO5. The van der Waals surface area contributed by atoms with Gasteiger partial charge >= 0.3 is 5.97 Å². The van der Waals surface area contributed by atoms with Crippen LogP contribution in [0.3, 0.4) is 0 Å². The Hall–Kier alpha value is -3.02. The smallest absolute Gasteiger partial charge is 0.342 e. The molecule has 0 spiro atoms. The van der Waals surface area contributed by atoms with E-state index in [1.807, 2.05) is 26.0 Å². The SMILES string of the molecule is CCOc1ccccc1NC(=O)[C@@H](C)OC(=O)c1cc(C)ccc1OC. The minimum Gasteiger partial charge on any atom is -0.496 e. The summed E-state index contributed by atoms with van der Waals surface area (Å²) in [7, 11) is 1.47. The predicted octanol–water partition coefficient (Wildman–Crippen LogP) is 3.59. The highest BCUT2D eigenvalue weighted by molar-refractivity contribution is 5.99. The summed E-state index contributed by atoms with van der Waals surface area (Å²) < 4.78 is 16.0. The second kappa shape index (κ2) is 8.89. The lowest BCUT2D eigenvalue weighted by molar-refractivity contribution is -0.123. The molecule has 0 unspecified atom stereocenters. The minimum absolute atomic E-state index is 0.280.